The second-order valence-electron chi connectivity index (χ2n) is 6.37. The number of hydrogen-bond acceptors (Lipinski definition) is 7. The average molecular weight is 428 g/mol. The summed E-state index contributed by atoms with van der Waals surface area (Å²) in [5.41, 5.74) is 0.930. The van der Waals surface area contributed by atoms with Crippen LogP contribution in [0.4, 0.5) is 9.59 Å². The summed E-state index contributed by atoms with van der Waals surface area (Å²) in [5, 5.41) is 14.1. The Morgan fingerprint density at radius 2 is 1.33 bits per heavy atom. The van der Waals surface area contributed by atoms with Crippen LogP contribution in [-0.4, -0.2) is 62.1 Å². The van der Waals surface area contributed by atoms with Gasteiger partial charge in [0.25, 0.3) is 0 Å². The fourth-order valence-electron chi connectivity index (χ4n) is 2.09. The third kappa shape index (κ3) is 14.9. The van der Waals surface area contributed by atoms with Gasteiger partial charge in [0.2, 0.25) is 0 Å². The monoisotopic (exact) mass is 428 g/mol. The van der Waals surface area contributed by atoms with Gasteiger partial charge >= 0.3 is 24.1 Å². The second-order valence-corrected chi connectivity index (χ2v) is 6.37. The number of hydrogen-bond donors (Lipinski definition) is 3. The molecular formula is C20H32N2O8. The fraction of sp³-hybridized carbons (Fsp3) is 0.600. The van der Waals surface area contributed by atoms with Crippen LogP contribution >= 0.6 is 0 Å². The number of esters is 1. The van der Waals surface area contributed by atoms with Gasteiger partial charge in [0, 0.05) is 31.2 Å². The van der Waals surface area contributed by atoms with Crippen molar-refractivity contribution in [3.05, 3.63) is 23.8 Å². The fourth-order valence-corrected chi connectivity index (χ4v) is 2.09. The highest BCUT2D eigenvalue weighted by Crippen LogP contribution is 2.08. The van der Waals surface area contributed by atoms with Crippen molar-refractivity contribution >= 4 is 24.1 Å². The van der Waals surface area contributed by atoms with E-state index in [0.717, 1.165) is 31.8 Å². The Bertz CT molecular complexity index is 616. The summed E-state index contributed by atoms with van der Waals surface area (Å²) in [5.74, 6) is -1.55. The van der Waals surface area contributed by atoms with E-state index in [1.807, 2.05) is 0 Å². The van der Waals surface area contributed by atoms with Crippen LogP contribution in [0.2, 0.25) is 0 Å². The largest absolute Gasteiger partial charge is 0.478 e. The number of carboxylic acid groups (broad SMARTS) is 1. The van der Waals surface area contributed by atoms with Crippen LogP contribution in [0.3, 0.4) is 0 Å². The molecular weight excluding hydrogens is 396 g/mol. The summed E-state index contributed by atoms with van der Waals surface area (Å²) in [4.78, 5) is 44.5. The molecule has 0 unspecified atom stereocenters. The molecule has 0 aromatic carbocycles. The first-order valence-corrected chi connectivity index (χ1v) is 9.78. The van der Waals surface area contributed by atoms with Gasteiger partial charge < -0.3 is 30.0 Å². The molecule has 2 amide bonds. The molecule has 3 N–H and O–H groups in total. The van der Waals surface area contributed by atoms with Crippen molar-refractivity contribution in [3.8, 4) is 0 Å². The summed E-state index contributed by atoms with van der Waals surface area (Å²) in [7, 11) is 0. The summed E-state index contributed by atoms with van der Waals surface area (Å²) < 4.78 is 14.5. The van der Waals surface area contributed by atoms with Crippen LogP contribution in [-0.2, 0) is 23.8 Å². The molecule has 0 saturated heterocycles. The Morgan fingerprint density at radius 3 is 1.83 bits per heavy atom. The van der Waals surface area contributed by atoms with Crippen molar-refractivity contribution in [3.63, 3.8) is 0 Å². The highest BCUT2D eigenvalue weighted by atomic mass is 16.6. The molecule has 0 rings (SSSR count). The topological polar surface area (TPSA) is 140 Å². The molecule has 0 fully saturated rings. The molecule has 0 heterocycles. The van der Waals surface area contributed by atoms with E-state index in [9.17, 15) is 19.2 Å². The number of carbonyl (C=O) groups excluding carboxylic acids is 3. The number of nitrogens with one attached hydrogen (secondary N) is 2. The van der Waals surface area contributed by atoms with Gasteiger partial charge in [-0.15, -0.1) is 0 Å². The molecule has 10 nitrogen and oxygen atoms in total. The SMILES string of the molecule is C=CC(=O)OCCOC(=O)NCCCCCCNC(=O)OCCC(C)=C(C)C(=O)O. The lowest BCUT2D eigenvalue weighted by Gasteiger charge is -2.08. The van der Waals surface area contributed by atoms with Gasteiger partial charge in [-0.3, -0.25) is 0 Å². The molecule has 170 valence electrons. The number of aliphatic carboxylic acids is 1. The normalized spacial score (nSPS) is 11.0. The second kappa shape index (κ2) is 16.9. The molecule has 0 aromatic rings. The Kier molecular flexibility index (Phi) is 15.2. The molecule has 0 spiro atoms. The Morgan fingerprint density at radius 1 is 0.833 bits per heavy atom. The van der Waals surface area contributed by atoms with E-state index in [0.29, 0.717) is 25.1 Å². The minimum atomic E-state index is -0.976. The quantitative estimate of drug-likeness (QED) is 0.156. The Balaban J connectivity index is 3.54. The van der Waals surface area contributed by atoms with E-state index in [-0.39, 0.29) is 25.4 Å². The highest BCUT2D eigenvalue weighted by molar-refractivity contribution is 5.86. The summed E-state index contributed by atoms with van der Waals surface area (Å²) >= 11 is 0. The lowest BCUT2D eigenvalue weighted by molar-refractivity contribution is -0.138. The number of ether oxygens (including phenoxy) is 3. The van der Waals surface area contributed by atoms with Crippen LogP contribution < -0.4 is 10.6 Å². The predicted octanol–water partition coefficient (Wildman–Crippen LogP) is 2.54. The first-order chi connectivity index (χ1) is 14.3. The van der Waals surface area contributed by atoms with Crippen molar-refractivity contribution in [2.75, 3.05) is 32.9 Å². The Labute approximate surface area is 176 Å². The molecule has 30 heavy (non-hydrogen) atoms. The number of unbranched alkanes of at least 4 members (excludes halogenated alkanes) is 3. The van der Waals surface area contributed by atoms with Gasteiger partial charge in [0.05, 0.1) is 6.61 Å². The maximum absolute atomic E-state index is 11.5. The van der Waals surface area contributed by atoms with Crippen LogP contribution in [0.5, 0.6) is 0 Å². The van der Waals surface area contributed by atoms with Crippen molar-refractivity contribution in [2.45, 2.75) is 46.0 Å². The number of alkyl carbamates (subject to hydrolysis) is 2. The first kappa shape index (κ1) is 27.0. The zero-order valence-electron chi connectivity index (χ0n) is 17.7. The van der Waals surface area contributed by atoms with Crippen molar-refractivity contribution in [1.29, 1.82) is 0 Å². The summed E-state index contributed by atoms with van der Waals surface area (Å²) in [6.07, 6.45) is 3.58. The van der Waals surface area contributed by atoms with Gasteiger partial charge in [-0.2, -0.15) is 0 Å². The minimum absolute atomic E-state index is 0.0218. The maximum atomic E-state index is 11.5. The van der Waals surface area contributed by atoms with Crippen LogP contribution in [0.25, 0.3) is 0 Å². The summed E-state index contributed by atoms with van der Waals surface area (Å²) in [6, 6.07) is 0. The van der Waals surface area contributed by atoms with Gasteiger partial charge in [-0.1, -0.05) is 25.0 Å². The molecule has 0 aliphatic carbocycles. The number of carboxylic acids is 1. The van der Waals surface area contributed by atoms with E-state index in [2.05, 4.69) is 21.9 Å². The van der Waals surface area contributed by atoms with E-state index < -0.39 is 24.1 Å². The van der Waals surface area contributed by atoms with E-state index in [1.165, 1.54) is 6.92 Å². The lowest BCUT2D eigenvalue weighted by atomic mass is 10.1. The molecule has 0 bridgehead atoms. The molecule has 10 heteroatoms. The van der Waals surface area contributed by atoms with Gasteiger partial charge in [0.15, 0.2) is 0 Å². The third-order valence-corrected chi connectivity index (χ3v) is 4.04. The van der Waals surface area contributed by atoms with E-state index >= 15 is 0 Å². The van der Waals surface area contributed by atoms with Crippen LogP contribution in [0, 0.1) is 0 Å². The van der Waals surface area contributed by atoms with Crippen molar-refractivity contribution in [1.82, 2.24) is 10.6 Å². The lowest BCUT2D eigenvalue weighted by Crippen LogP contribution is -2.27. The molecule has 0 aliphatic rings. The van der Waals surface area contributed by atoms with Crippen molar-refractivity contribution < 1.29 is 38.5 Å². The van der Waals surface area contributed by atoms with Crippen LogP contribution in [0.1, 0.15) is 46.0 Å². The van der Waals surface area contributed by atoms with E-state index in [4.69, 9.17) is 14.6 Å². The molecule has 0 atom stereocenters. The first-order valence-electron chi connectivity index (χ1n) is 9.78. The molecule has 0 radical (unpaired) electrons. The maximum Gasteiger partial charge on any atom is 0.407 e. The van der Waals surface area contributed by atoms with E-state index in [1.54, 1.807) is 6.92 Å². The average Bonchev–Trinajstić information content (AvgIpc) is 2.71. The molecule has 0 aromatic heterocycles. The number of amides is 2. The number of rotatable bonds is 15. The minimum Gasteiger partial charge on any atom is -0.478 e. The molecule has 0 saturated carbocycles. The zero-order chi connectivity index (χ0) is 22.8. The standard InChI is InChI=1S/C20H32N2O8/c1-4-17(23)28-13-14-30-20(27)22-11-8-6-5-7-10-21-19(26)29-12-9-15(2)16(3)18(24)25/h4H,1,5-14H2,2-3H3,(H,21,26)(H,22,27)(H,24,25). The highest BCUT2D eigenvalue weighted by Gasteiger charge is 2.07. The summed E-state index contributed by atoms with van der Waals surface area (Å²) in [6.45, 7) is 7.47. The third-order valence-electron chi connectivity index (χ3n) is 4.04. The smallest absolute Gasteiger partial charge is 0.407 e. The molecule has 0 aliphatic heterocycles. The van der Waals surface area contributed by atoms with Crippen molar-refractivity contribution in [2.24, 2.45) is 0 Å². The number of carbonyl (C=O) groups is 4. The zero-order valence-corrected chi connectivity index (χ0v) is 17.7. The van der Waals surface area contributed by atoms with Gasteiger partial charge in [-0.05, 0) is 26.7 Å². The van der Waals surface area contributed by atoms with Gasteiger partial charge in [-0.25, -0.2) is 19.2 Å². The van der Waals surface area contributed by atoms with Crippen LogP contribution in [0.15, 0.2) is 23.8 Å². The Hall–Kier alpha value is -3.04. The van der Waals surface area contributed by atoms with Gasteiger partial charge in [0.1, 0.15) is 13.2 Å². The predicted molar refractivity (Wildman–Crippen MR) is 109 cm³/mol.